The maximum absolute atomic E-state index is 13.2. The van der Waals surface area contributed by atoms with Crippen LogP contribution in [0.25, 0.3) is 0 Å². The van der Waals surface area contributed by atoms with E-state index in [0.717, 1.165) is 10.1 Å². The molecule has 0 saturated heterocycles. The van der Waals surface area contributed by atoms with Crippen LogP contribution in [0, 0.1) is 0 Å². The molecule has 1 aromatic carbocycles. The quantitative estimate of drug-likeness (QED) is 0.314. The summed E-state index contributed by atoms with van der Waals surface area (Å²) in [6.45, 7) is 8.84. The van der Waals surface area contributed by atoms with Crippen molar-refractivity contribution in [2.45, 2.75) is 65.8 Å². The first kappa shape index (κ1) is 25.7. The minimum atomic E-state index is -1.05. The van der Waals surface area contributed by atoms with Crippen molar-refractivity contribution in [2.24, 2.45) is 10.9 Å². The van der Waals surface area contributed by atoms with Gasteiger partial charge in [-0.05, 0) is 52.7 Å². The highest BCUT2D eigenvalue weighted by molar-refractivity contribution is 5.96. The van der Waals surface area contributed by atoms with Gasteiger partial charge in [0.25, 0.3) is 5.56 Å². The van der Waals surface area contributed by atoms with Crippen molar-refractivity contribution in [3.8, 4) is 5.75 Å². The van der Waals surface area contributed by atoms with Crippen molar-refractivity contribution >= 4 is 11.7 Å². The second-order valence-corrected chi connectivity index (χ2v) is 8.23. The normalized spacial score (nSPS) is 12.7. The second kappa shape index (κ2) is 11.3. The Morgan fingerprint density at radius 1 is 1.15 bits per heavy atom. The van der Waals surface area contributed by atoms with Gasteiger partial charge in [0.2, 0.25) is 5.91 Å². The number of methoxy groups -OCH3 is 1. The lowest BCUT2D eigenvalue weighted by atomic mass is 10.1. The second-order valence-electron chi connectivity index (χ2n) is 8.23. The fourth-order valence-corrected chi connectivity index (χ4v) is 3.18. The van der Waals surface area contributed by atoms with Gasteiger partial charge >= 0.3 is 5.69 Å². The van der Waals surface area contributed by atoms with Gasteiger partial charge in [-0.1, -0.05) is 23.4 Å². The molecule has 1 atom stereocenters. The number of rotatable bonds is 10. The van der Waals surface area contributed by atoms with E-state index in [1.807, 2.05) is 24.3 Å². The van der Waals surface area contributed by atoms with E-state index in [2.05, 4.69) is 10.5 Å². The predicted molar refractivity (Wildman–Crippen MR) is 127 cm³/mol. The third kappa shape index (κ3) is 6.47. The lowest BCUT2D eigenvalue weighted by Gasteiger charge is -2.19. The molecule has 1 amide bonds. The molecule has 0 spiro atoms. The fourth-order valence-electron chi connectivity index (χ4n) is 3.18. The first-order valence-electron chi connectivity index (χ1n) is 10.8. The van der Waals surface area contributed by atoms with Crippen LogP contribution in [-0.4, -0.2) is 40.1 Å². The van der Waals surface area contributed by atoms with Crippen LogP contribution < -0.4 is 27.0 Å². The van der Waals surface area contributed by atoms with E-state index in [0.29, 0.717) is 12.2 Å². The number of aryl methyl sites for hydroxylation is 2. The van der Waals surface area contributed by atoms with E-state index in [1.165, 1.54) is 17.7 Å². The number of hydrogen-bond donors (Lipinski definition) is 2. The number of para-hydroxylation sites is 1. The number of carbonyl (C=O) groups is 1. The molecule has 0 aliphatic heterocycles. The third-order valence-corrected chi connectivity index (χ3v) is 4.84. The van der Waals surface area contributed by atoms with Gasteiger partial charge in [-0.15, -0.1) is 0 Å². The number of amidine groups is 1. The Morgan fingerprint density at radius 3 is 2.42 bits per heavy atom. The molecular weight excluding hydrogens is 426 g/mol. The molecule has 2 aromatic rings. The molecule has 2 rings (SSSR count). The summed E-state index contributed by atoms with van der Waals surface area (Å²) in [5.74, 6) is 0.0618. The number of amides is 1. The molecule has 0 fully saturated rings. The van der Waals surface area contributed by atoms with Crippen LogP contribution in [-0.2, 0) is 22.6 Å². The Kier molecular flexibility index (Phi) is 8.84. The van der Waals surface area contributed by atoms with Crippen molar-refractivity contribution in [2.75, 3.05) is 7.11 Å². The van der Waals surface area contributed by atoms with Crippen LogP contribution in [0.1, 0.15) is 51.8 Å². The Balaban J connectivity index is 2.57. The number of oxime groups is 1. The van der Waals surface area contributed by atoms with E-state index in [9.17, 15) is 14.4 Å². The van der Waals surface area contributed by atoms with Crippen LogP contribution in [0.3, 0.4) is 0 Å². The number of hydrogen-bond acceptors (Lipinski definition) is 6. The molecule has 10 heteroatoms. The molecule has 0 aliphatic carbocycles. The van der Waals surface area contributed by atoms with Crippen molar-refractivity contribution in [3.63, 3.8) is 0 Å². The molecule has 1 unspecified atom stereocenters. The van der Waals surface area contributed by atoms with Gasteiger partial charge in [0, 0.05) is 18.8 Å². The van der Waals surface area contributed by atoms with Crippen LogP contribution >= 0.6 is 0 Å². The summed E-state index contributed by atoms with van der Waals surface area (Å²) >= 11 is 0. The number of aromatic nitrogens is 2. The zero-order valence-electron chi connectivity index (χ0n) is 20.0. The minimum Gasteiger partial charge on any atom is -0.496 e. The molecule has 1 aromatic heterocycles. The highest BCUT2D eigenvalue weighted by Crippen LogP contribution is 2.18. The average Bonchev–Trinajstić information content (AvgIpc) is 2.76. The van der Waals surface area contributed by atoms with Gasteiger partial charge in [0.1, 0.15) is 23.5 Å². The Hall–Kier alpha value is -3.56. The summed E-state index contributed by atoms with van der Waals surface area (Å²) in [7, 11) is 1.57. The topological polar surface area (TPSA) is 130 Å². The number of benzene rings is 1. The molecule has 180 valence electrons. The Labute approximate surface area is 193 Å². The zero-order valence-corrected chi connectivity index (χ0v) is 20.0. The number of ether oxygens (including phenoxy) is 1. The van der Waals surface area contributed by atoms with Gasteiger partial charge in [0.05, 0.1) is 7.11 Å². The largest absolute Gasteiger partial charge is 0.496 e. The zero-order chi connectivity index (χ0) is 24.7. The molecular formula is C23H33N5O5. The van der Waals surface area contributed by atoms with Crippen LogP contribution in [0.4, 0.5) is 0 Å². The fraction of sp³-hybridized carbons (Fsp3) is 0.478. The van der Waals surface area contributed by atoms with Crippen molar-refractivity contribution < 1.29 is 14.4 Å². The molecule has 10 nitrogen and oxygen atoms in total. The van der Waals surface area contributed by atoms with E-state index in [-0.39, 0.29) is 30.1 Å². The van der Waals surface area contributed by atoms with Crippen molar-refractivity contribution in [1.29, 1.82) is 0 Å². The number of carbonyl (C=O) groups excluding carboxylic acids is 1. The first-order valence-corrected chi connectivity index (χ1v) is 10.8. The minimum absolute atomic E-state index is 0.0283. The summed E-state index contributed by atoms with van der Waals surface area (Å²) in [5.41, 5.74) is 5.54. The molecule has 0 bridgehead atoms. The smallest absolute Gasteiger partial charge is 0.331 e. The van der Waals surface area contributed by atoms with Gasteiger partial charge in [0.15, 0.2) is 5.84 Å². The third-order valence-electron chi connectivity index (χ3n) is 4.84. The van der Waals surface area contributed by atoms with Gasteiger partial charge in [-0.2, -0.15) is 0 Å². The monoisotopic (exact) mass is 459 g/mol. The first-order chi connectivity index (χ1) is 15.6. The lowest BCUT2D eigenvalue weighted by molar-refractivity contribution is -0.124. The molecule has 0 aliphatic rings. The van der Waals surface area contributed by atoms with Gasteiger partial charge in [-0.3, -0.25) is 14.2 Å². The van der Waals surface area contributed by atoms with E-state index >= 15 is 0 Å². The molecule has 3 N–H and O–H groups in total. The highest BCUT2D eigenvalue weighted by atomic mass is 16.6. The number of nitrogens with one attached hydrogen (secondary N) is 1. The Morgan fingerprint density at radius 2 is 1.82 bits per heavy atom. The maximum Gasteiger partial charge on any atom is 0.331 e. The van der Waals surface area contributed by atoms with Gasteiger partial charge < -0.3 is 20.6 Å². The molecule has 33 heavy (non-hydrogen) atoms. The van der Waals surface area contributed by atoms with Crippen molar-refractivity contribution in [3.05, 3.63) is 62.4 Å². The molecule has 0 radical (unpaired) electrons. The van der Waals surface area contributed by atoms with Crippen LogP contribution in [0.5, 0.6) is 5.75 Å². The standard InChI is InChI=1S/C23H33N5O5/c1-14(2)25-21(29)16(5)28-22(30)18(20(24)26-33-15(3)4)13-27(23(28)31)12-11-17-9-7-8-10-19(17)32-6/h7-10,13-16H,11-12H2,1-6H3,(H2,24,26)(H,25,29). The molecule has 0 saturated carbocycles. The highest BCUT2D eigenvalue weighted by Gasteiger charge is 2.24. The summed E-state index contributed by atoms with van der Waals surface area (Å²) in [4.78, 5) is 44.2. The number of nitrogens with zero attached hydrogens (tertiary/aromatic N) is 3. The number of nitrogens with two attached hydrogens (primary N) is 1. The van der Waals surface area contributed by atoms with E-state index in [4.69, 9.17) is 15.3 Å². The predicted octanol–water partition coefficient (Wildman–Crippen LogP) is 1.39. The maximum atomic E-state index is 13.2. The summed E-state index contributed by atoms with van der Waals surface area (Å²) in [5, 5.41) is 6.54. The molecule has 1 heterocycles. The summed E-state index contributed by atoms with van der Waals surface area (Å²) < 4.78 is 7.62. The van der Waals surface area contributed by atoms with Crippen LogP contribution in [0.2, 0.25) is 0 Å². The average molecular weight is 460 g/mol. The van der Waals surface area contributed by atoms with Gasteiger partial charge in [-0.25, -0.2) is 9.36 Å². The van der Waals surface area contributed by atoms with E-state index in [1.54, 1.807) is 34.8 Å². The SMILES string of the molecule is COc1ccccc1CCn1cc(/C(N)=N/OC(C)C)c(=O)n(C(C)C(=O)NC(C)C)c1=O. The van der Waals surface area contributed by atoms with Crippen molar-refractivity contribution in [1.82, 2.24) is 14.5 Å². The summed E-state index contributed by atoms with van der Waals surface area (Å²) in [6.07, 6.45) is 1.55. The lowest BCUT2D eigenvalue weighted by Crippen LogP contribution is -2.49. The Bertz CT molecular complexity index is 1120. The summed E-state index contributed by atoms with van der Waals surface area (Å²) in [6, 6.07) is 6.25. The van der Waals surface area contributed by atoms with E-state index < -0.39 is 23.2 Å². The van der Waals surface area contributed by atoms with Crippen LogP contribution in [0.15, 0.2) is 45.2 Å².